The molecule has 0 aliphatic rings. The number of aryl methyl sites for hydroxylation is 1. The second-order valence-corrected chi connectivity index (χ2v) is 3.96. The topological polar surface area (TPSA) is 123 Å². The molecule has 2 heterocycles. The van der Waals surface area contributed by atoms with Crippen LogP contribution in [0.3, 0.4) is 0 Å². The van der Waals surface area contributed by atoms with E-state index < -0.39 is 10.9 Å². The maximum absolute atomic E-state index is 10.9. The van der Waals surface area contributed by atoms with Crippen LogP contribution in [0.15, 0.2) is 24.7 Å². The zero-order valence-corrected chi connectivity index (χ0v) is 10.5. The molecule has 0 saturated carbocycles. The average molecular weight is 277 g/mol. The number of carbonyl (C=O) groups is 1. The van der Waals surface area contributed by atoms with Crippen molar-refractivity contribution in [2.75, 3.05) is 5.32 Å². The van der Waals surface area contributed by atoms with Crippen molar-refractivity contribution in [2.24, 2.45) is 7.05 Å². The van der Waals surface area contributed by atoms with Crippen molar-refractivity contribution in [3.05, 3.63) is 46.2 Å². The molecule has 0 aliphatic carbocycles. The minimum atomic E-state index is -1.27. The van der Waals surface area contributed by atoms with Crippen LogP contribution < -0.4 is 5.32 Å². The molecule has 9 nitrogen and oxygen atoms in total. The van der Waals surface area contributed by atoms with Crippen molar-refractivity contribution >= 4 is 17.5 Å². The zero-order valence-electron chi connectivity index (χ0n) is 10.5. The lowest BCUT2D eigenvalue weighted by molar-refractivity contribution is -0.384. The van der Waals surface area contributed by atoms with E-state index in [2.05, 4.69) is 15.3 Å². The van der Waals surface area contributed by atoms with Gasteiger partial charge < -0.3 is 15.0 Å². The van der Waals surface area contributed by atoms with Gasteiger partial charge in [0.05, 0.1) is 17.0 Å². The van der Waals surface area contributed by atoms with Crippen molar-refractivity contribution in [2.45, 2.75) is 6.54 Å². The van der Waals surface area contributed by atoms with Crippen LogP contribution in [-0.4, -0.2) is 30.5 Å². The van der Waals surface area contributed by atoms with E-state index in [0.29, 0.717) is 5.82 Å². The monoisotopic (exact) mass is 277 g/mol. The Kier molecular flexibility index (Phi) is 3.60. The maximum atomic E-state index is 10.9. The first-order valence-electron chi connectivity index (χ1n) is 5.57. The molecule has 20 heavy (non-hydrogen) atoms. The Bertz CT molecular complexity index is 667. The van der Waals surface area contributed by atoms with E-state index in [0.717, 1.165) is 12.3 Å². The summed E-state index contributed by atoms with van der Waals surface area (Å²) in [7, 11) is 1.79. The molecule has 104 valence electrons. The number of carboxylic acid groups (broad SMARTS) is 1. The van der Waals surface area contributed by atoms with E-state index in [1.807, 2.05) is 0 Å². The molecule has 2 aromatic heterocycles. The van der Waals surface area contributed by atoms with Gasteiger partial charge >= 0.3 is 11.7 Å². The van der Waals surface area contributed by atoms with Crippen molar-refractivity contribution in [1.82, 2.24) is 14.5 Å². The van der Waals surface area contributed by atoms with E-state index in [9.17, 15) is 14.9 Å². The fourth-order valence-corrected chi connectivity index (χ4v) is 1.58. The third-order valence-electron chi connectivity index (χ3n) is 2.65. The summed E-state index contributed by atoms with van der Waals surface area (Å²) in [6.45, 7) is 0.240. The molecule has 0 aromatic carbocycles. The Balaban J connectivity index is 2.25. The van der Waals surface area contributed by atoms with Crippen LogP contribution in [0, 0.1) is 10.1 Å². The predicted octanol–water partition coefficient (Wildman–Crippen LogP) is 1.03. The molecule has 0 aliphatic heterocycles. The van der Waals surface area contributed by atoms with Gasteiger partial charge in [-0.2, -0.15) is 0 Å². The van der Waals surface area contributed by atoms with E-state index >= 15 is 0 Å². The van der Waals surface area contributed by atoms with Gasteiger partial charge in [0.2, 0.25) is 5.82 Å². The zero-order chi connectivity index (χ0) is 14.7. The van der Waals surface area contributed by atoms with E-state index in [-0.39, 0.29) is 23.6 Å². The first-order chi connectivity index (χ1) is 9.49. The van der Waals surface area contributed by atoms with Gasteiger partial charge in [-0.05, 0) is 0 Å². The lowest BCUT2D eigenvalue weighted by atomic mass is 10.2. The summed E-state index contributed by atoms with van der Waals surface area (Å²) in [6, 6.07) is 0.968. The molecule has 0 saturated heterocycles. The smallest absolute Gasteiger partial charge is 0.337 e. The Hall–Kier alpha value is -2.97. The second kappa shape index (κ2) is 5.34. The molecular formula is C11H11N5O4. The van der Waals surface area contributed by atoms with E-state index in [4.69, 9.17) is 5.11 Å². The first kappa shape index (κ1) is 13.5. The number of imidazole rings is 1. The Morgan fingerprint density at radius 1 is 1.55 bits per heavy atom. The number of anilines is 1. The molecule has 0 spiro atoms. The van der Waals surface area contributed by atoms with Crippen LogP contribution in [0.25, 0.3) is 0 Å². The molecular weight excluding hydrogens is 266 g/mol. The maximum Gasteiger partial charge on any atom is 0.337 e. The second-order valence-electron chi connectivity index (χ2n) is 3.96. The van der Waals surface area contributed by atoms with Gasteiger partial charge in [0.25, 0.3) is 0 Å². The van der Waals surface area contributed by atoms with Crippen LogP contribution in [0.2, 0.25) is 0 Å². The van der Waals surface area contributed by atoms with Crippen molar-refractivity contribution in [1.29, 1.82) is 0 Å². The van der Waals surface area contributed by atoms with Gasteiger partial charge in [0.1, 0.15) is 5.82 Å². The summed E-state index contributed by atoms with van der Waals surface area (Å²) in [5.41, 5.74) is -0.627. The Labute approximate surface area is 113 Å². The summed E-state index contributed by atoms with van der Waals surface area (Å²) >= 11 is 0. The minimum Gasteiger partial charge on any atom is -0.478 e. The minimum absolute atomic E-state index is 0.00278. The predicted molar refractivity (Wildman–Crippen MR) is 68.4 cm³/mol. The lowest BCUT2D eigenvalue weighted by Crippen LogP contribution is -2.09. The average Bonchev–Trinajstić information content (AvgIpc) is 2.81. The number of hydrogen-bond donors (Lipinski definition) is 2. The Morgan fingerprint density at radius 2 is 2.30 bits per heavy atom. The third kappa shape index (κ3) is 2.71. The van der Waals surface area contributed by atoms with E-state index in [1.54, 1.807) is 24.0 Å². The highest BCUT2D eigenvalue weighted by molar-refractivity contribution is 5.88. The Morgan fingerprint density at radius 3 is 2.85 bits per heavy atom. The highest BCUT2D eigenvalue weighted by Gasteiger charge is 2.19. The number of rotatable bonds is 5. The molecule has 0 amide bonds. The van der Waals surface area contributed by atoms with E-state index in [1.165, 1.54) is 0 Å². The van der Waals surface area contributed by atoms with Gasteiger partial charge in [0.15, 0.2) is 0 Å². The molecule has 0 atom stereocenters. The molecule has 0 bridgehead atoms. The SMILES string of the molecule is Cn1ccnc1CNc1ncc(C(=O)O)cc1[N+](=O)[O-]. The van der Waals surface area contributed by atoms with Crippen molar-refractivity contribution < 1.29 is 14.8 Å². The number of aromatic carboxylic acids is 1. The highest BCUT2D eigenvalue weighted by Crippen LogP contribution is 2.23. The van der Waals surface area contributed by atoms with Crippen molar-refractivity contribution in [3.63, 3.8) is 0 Å². The largest absolute Gasteiger partial charge is 0.478 e. The molecule has 9 heteroatoms. The quantitative estimate of drug-likeness (QED) is 0.618. The van der Waals surface area contributed by atoms with Crippen LogP contribution in [-0.2, 0) is 13.6 Å². The highest BCUT2D eigenvalue weighted by atomic mass is 16.6. The summed E-state index contributed by atoms with van der Waals surface area (Å²) in [6.07, 6.45) is 4.41. The summed E-state index contributed by atoms with van der Waals surface area (Å²) in [4.78, 5) is 28.9. The number of pyridine rings is 1. The first-order valence-corrected chi connectivity index (χ1v) is 5.57. The molecule has 2 N–H and O–H groups in total. The number of aromatic nitrogens is 3. The van der Waals surface area contributed by atoms with Gasteiger partial charge in [0, 0.05) is 31.7 Å². The summed E-state index contributed by atoms with van der Waals surface area (Å²) in [5.74, 6) is -0.595. The number of nitrogens with one attached hydrogen (secondary N) is 1. The number of hydrogen-bond acceptors (Lipinski definition) is 6. The normalized spacial score (nSPS) is 10.2. The third-order valence-corrected chi connectivity index (χ3v) is 2.65. The molecule has 0 unspecified atom stereocenters. The fraction of sp³-hybridized carbons (Fsp3) is 0.182. The lowest BCUT2D eigenvalue weighted by Gasteiger charge is -2.06. The van der Waals surface area contributed by atoms with Crippen LogP contribution in [0.1, 0.15) is 16.2 Å². The van der Waals surface area contributed by atoms with Crippen molar-refractivity contribution in [3.8, 4) is 0 Å². The van der Waals surface area contributed by atoms with Crippen LogP contribution >= 0.6 is 0 Å². The summed E-state index contributed by atoms with van der Waals surface area (Å²) in [5, 5.41) is 22.5. The van der Waals surface area contributed by atoms with Gasteiger partial charge in [-0.25, -0.2) is 14.8 Å². The number of nitro groups is 1. The molecule has 2 aromatic rings. The van der Waals surface area contributed by atoms with Gasteiger partial charge in [-0.3, -0.25) is 10.1 Å². The molecule has 0 fully saturated rings. The summed E-state index contributed by atoms with van der Waals surface area (Å²) < 4.78 is 1.75. The van der Waals surface area contributed by atoms with Crippen LogP contribution in [0.5, 0.6) is 0 Å². The fourth-order valence-electron chi connectivity index (χ4n) is 1.58. The van der Waals surface area contributed by atoms with Crippen LogP contribution in [0.4, 0.5) is 11.5 Å². The standard InChI is InChI=1S/C11H11N5O4/c1-15-3-2-12-9(15)6-14-10-8(16(19)20)4-7(5-13-10)11(17)18/h2-5H,6H2,1H3,(H,13,14)(H,17,18). The number of carboxylic acids is 1. The number of nitrogens with zero attached hydrogens (tertiary/aromatic N) is 4. The van der Waals surface area contributed by atoms with Gasteiger partial charge in [-0.15, -0.1) is 0 Å². The molecule has 2 rings (SSSR count). The molecule has 0 radical (unpaired) electrons. The van der Waals surface area contributed by atoms with Gasteiger partial charge in [-0.1, -0.05) is 0 Å².